The third kappa shape index (κ3) is 9.17. The molecule has 0 atom stereocenters. The van der Waals surface area contributed by atoms with Gasteiger partial charge < -0.3 is 0 Å². The number of hydrogen-bond acceptors (Lipinski definition) is 3. The van der Waals surface area contributed by atoms with Crippen LogP contribution in [0.1, 0.15) is 59.3 Å². The summed E-state index contributed by atoms with van der Waals surface area (Å²) in [6.45, 7) is 5.85. The molecule has 17 heavy (non-hydrogen) atoms. The van der Waals surface area contributed by atoms with Crippen LogP contribution in [0.5, 0.6) is 0 Å². The minimum Gasteiger partial charge on any atom is -0.229 e. The summed E-state index contributed by atoms with van der Waals surface area (Å²) in [6, 6.07) is 2.23. The molecule has 0 aromatic heterocycles. The van der Waals surface area contributed by atoms with Crippen LogP contribution in [0.2, 0.25) is 0 Å². The predicted octanol–water partition coefficient (Wildman–Crippen LogP) is 3.31. The van der Waals surface area contributed by atoms with E-state index in [0.29, 0.717) is 12.2 Å². The molecule has 0 spiro atoms. The van der Waals surface area contributed by atoms with Crippen molar-refractivity contribution in [2.75, 3.05) is 11.5 Å². The molecule has 0 heterocycles. The highest BCUT2D eigenvalue weighted by Crippen LogP contribution is 2.21. The first kappa shape index (κ1) is 16.4. The van der Waals surface area contributed by atoms with Gasteiger partial charge in [0.25, 0.3) is 0 Å². The minimum absolute atomic E-state index is 0.276. The molecule has 0 unspecified atom stereocenters. The Bertz CT molecular complexity index is 339. The monoisotopic (exact) mass is 259 g/mol. The van der Waals surface area contributed by atoms with Crippen molar-refractivity contribution in [1.29, 1.82) is 5.26 Å². The Hall–Kier alpha value is -0.560. The molecule has 0 aliphatic carbocycles. The van der Waals surface area contributed by atoms with Crippen LogP contribution >= 0.6 is 0 Å². The standard InChI is InChI=1S/C13H25NO2S/c1-4-5-7-10-17(15,16)11-8-6-9-13(2,3)12-14/h4-11H2,1-3H3. The zero-order valence-corrected chi connectivity index (χ0v) is 12.1. The molecular weight excluding hydrogens is 234 g/mol. The first-order valence-electron chi connectivity index (χ1n) is 6.44. The highest BCUT2D eigenvalue weighted by Gasteiger charge is 2.16. The summed E-state index contributed by atoms with van der Waals surface area (Å²) in [5.41, 5.74) is -0.327. The van der Waals surface area contributed by atoms with E-state index in [4.69, 9.17) is 5.26 Å². The molecule has 0 aliphatic heterocycles. The van der Waals surface area contributed by atoms with Gasteiger partial charge in [-0.15, -0.1) is 0 Å². The molecular formula is C13H25NO2S. The van der Waals surface area contributed by atoms with Crippen LogP contribution in [0.25, 0.3) is 0 Å². The van der Waals surface area contributed by atoms with Gasteiger partial charge in [-0.25, -0.2) is 8.42 Å². The summed E-state index contributed by atoms with van der Waals surface area (Å²) in [5.74, 6) is 0.598. The van der Waals surface area contributed by atoms with Gasteiger partial charge >= 0.3 is 0 Å². The first-order valence-corrected chi connectivity index (χ1v) is 8.27. The Kier molecular flexibility index (Phi) is 7.45. The van der Waals surface area contributed by atoms with Crippen LogP contribution in [0.4, 0.5) is 0 Å². The molecule has 0 fully saturated rings. The molecule has 100 valence electrons. The normalized spacial score (nSPS) is 12.4. The summed E-state index contributed by atoms with van der Waals surface area (Å²) in [4.78, 5) is 0. The summed E-state index contributed by atoms with van der Waals surface area (Å²) in [6.07, 6.45) is 5.08. The largest absolute Gasteiger partial charge is 0.229 e. The van der Waals surface area contributed by atoms with E-state index < -0.39 is 9.84 Å². The number of hydrogen-bond donors (Lipinski definition) is 0. The number of nitrogens with zero attached hydrogens (tertiary/aromatic N) is 1. The Balaban J connectivity index is 3.78. The average Bonchev–Trinajstić information content (AvgIpc) is 2.25. The van der Waals surface area contributed by atoms with Gasteiger partial charge in [0.1, 0.15) is 9.84 Å². The molecule has 0 bridgehead atoms. The molecule has 0 aliphatic rings. The second-order valence-corrected chi connectivity index (χ2v) is 7.62. The molecule has 3 nitrogen and oxygen atoms in total. The van der Waals surface area contributed by atoms with Crippen molar-refractivity contribution >= 4 is 9.84 Å². The van der Waals surface area contributed by atoms with Crippen LogP contribution in [0.3, 0.4) is 0 Å². The van der Waals surface area contributed by atoms with E-state index in [0.717, 1.165) is 32.1 Å². The van der Waals surface area contributed by atoms with Crippen molar-refractivity contribution in [3.05, 3.63) is 0 Å². The van der Waals surface area contributed by atoms with Crippen molar-refractivity contribution in [2.24, 2.45) is 5.41 Å². The van der Waals surface area contributed by atoms with E-state index in [1.807, 2.05) is 13.8 Å². The zero-order valence-electron chi connectivity index (χ0n) is 11.3. The molecule has 4 heteroatoms. The molecule has 0 saturated carbocycles. The van der Waals surface area contributed by atoms with Crippen molar-refractivity contribution in [3.63, 3.8) is 0 Å². The Morgan fingerprint density at radius 3 is 2.06 bits per heavy atom. The van der Waals surface area contributed by atoms with Crippen LogP contribution in [0, 0.1) is 16.7 Å². The Labute approximate surface area is 106 Å². The molecule has 0 saturated heterocycles. The number of nitriles is 1. The minimum atomic E-state index is -2.86. The lowest BCUT2D eigenvalue weighted by molar-refractivity contribution is 0.431. The van der Waals surface area contributed by atoms with Crippen molar-refractivity contribution in [3.8, 4) is 6.07 Å². The van der Waals surface area contributed by atoms with Gasteiger partial charge in [0.2, 0.25) is 0 Å². The maximum Gasteiger partial charge on any atom is 0.150 e. The van der Waals surface area contributed by atoms with Gasteiger partial charge in [-0.05, 0) is 33.1 Å². The molecule has 0 aromatic rings. The summed E-state index contributed by atoms with van der Waals surface area (Å²) in [7, 11) is -2.86. The number of rotatable bonds is 9. The quantitative estimate of drug-likeness (QED) is 0.597. The number of sulfone groups is 1. The van der Waals surface area contributed by atoms with Crippen LogP contribution in [0.15, 0.2) is 0 Å². The van der Waals surface area contributed by atoms with Gasteiger partial charge in [0.05, 0.1) is 23.0 Å². The van der Waals surface area contributed by atoms with Gasteiger partial charge in [-0.1, -0.05) is 26.2 Å². The van der Waals surface area contributed by atoms with Gasteiger partial charge in [-0.3, -0.25) is 0 Å². The van der Waals surface area contributed by atoms with E-state index in [1.54, 1.807) is 0 Å². The van der Waals surface area contributed by atoms with E-state index in [9.17, 15) is 8.42 Å². The predicted molar refractivity (Wildman–Crippen MR) is 71.4 cm³/mol. The van der Waals surface area contributed by atoms with Crippen molar-refractivity contribution in [2.45, 2.75) is 59.3 Å². The van der Waals surface area contributed by atoms with E-state index in [2.05, 4.69) is 13.0 Å². The fourth-order valence-electron chi connectivity index (χ4n) is 1.62. The van der Waals surface area contributed by atoms with Crippen molar-refractivity contribution in [1.82, 2.24) is 0 Å². The van der Waals surface area contributed by atoms with E-state index in [-0.39, 0.29) is 11.2 Å². The third-order valence-electron chi connectivity index (χ3n) is 2.87. The molecule has 0 aromatic carbocycles. The molecule has 0 N–H and O–H groups in total. The summed E-state index contributed by atoms with van der Waals surface area (Å²) >= 11 is 0. The third-order valence-corrected chi connectivity index (χ3v) is 4.69. The lowest BCUT2D eigenvalue weighted by Gasteiger charge is -2.14. The van der Waals surface area contributed by atoms with Crippen molar-refractivity contribution < 1.29 is 8.42 Å². The van der Waals surface area contributed by atoms with Crippen LogP contribution in [-0.4, -0.2) is 19.9 Å². The average molecular weight is 259 g/mol. The summed E-state index contributed by atoms with van der Waals surface area (Å²) in [5, 5.41) is 8.83. The van der Waals surface area contributed by atoms with Crippen LogP contribution < -0.4 is 0 Å². The maximum absolute atomic E-state index is 11.6. The Morgan fingerprint density at radius 2 is 1.59 bits per heavy atom. The first-order chi connectivity index (χ1) is 7.83. The topological polar surface area (TPSA) is 57.9 Å². The molecule has 0 amide bonds. The second-order valence-electron chi connectivity index (χ2n) is 5.31. The highest BCUT2D eigenvalue weighted by molar-refractivity contribution is 7.91. The molecule has 0 rings (SSSR count). The SMILES string of the molecule is CCCCCS(=O)(=O)CCCCC(C)(C)C#N. The molecule has 0 radical (unpaired) electrons. The fraction of sp³-hybridized carbons (Fsp3) is 0.923. The number of unbranched alkanes of at least 4 members (excludes halogenated alkanes) is 3. The fourth-order valence-corrected chi connectivity index (χ4v) is 3.11. The summed E-state index contributed by atoms with van der Waals surface area (Å²) < 4.78 is 23.3. The maximum atomic E-state index is 11.6. The van der Waals surface area contributed by atoms with E-state index >= 15 is 0 Å². The van der Waals surface area contributed by atoms with Crippen LogP contribution in [-0.2, 0) is 9.84 Å². The smallest absolute Gasteiger partial charge is 0.150 e. The lowest BCUT2D eigenvalue weighted by atomic mass is 9.89. The zero-order chi connectivity index (χ0) is 13.4. The second kappa shape index (κ2) is 7.71. The van der Waals surface area contributed by atoms with Gasteiger partial charge in [0.15, 0.2) is 0 Å². The highest BCUT2D eigenvalue weighted by atomic mass is 32.2. The van der Waals surface area contributed by atoms with Gasteiger partial charge in [-0.2, -0.15) is 5.26 Å². The lowest BCUT2D eigenvalue weighted by Crippen LogP contribution is -2.13. The van der Waals surface area contributed by atoms with E-state index in [1.165, 1.54) is 0 Å². The van der Waals surface area contributed by atoms with Gasteiger partial charge in [0, 0.05) is 0 Å². The Morgan fingerprint density at radius 1 is 1.06 bits per heavy atom.